The Balaban J connectivity index is 1.29. The second-order valence-corrected chi connectivity index (χ2v) is 9.06. The fourth-order valence-electron chi connectivity index (χ4n) is 5.06. The summed E-state index contributed by atoms with van der Waals surface area (Å²) in [6.45, 7) is 8.82. The second-order valence-electron chi connectivity index (χ2n) is 9.06. The zero-order chi connectivity index (χ0) is 24.9. The largest absolute Gasteiger partial charge is 0.573 e. The van der Waals surface area contributed by atoms with Crippen molar-refractivity contribution in [3.05, 3.63) is 47.7 Å². The van der Waals surface area contributed by atoms with Gasteiger partial charge in [0, 0.05) is 36.3 Å². The number of aromatic nitrogens is 2. The van der Waals surface area contributed by atoms with E-state index in [2.05, 4.69) is 31.7 Å². The highest BCUT2D eigenvalue weighted by Crippen LogP contribution is 2.36. The minimum Gasteiger partial charge on any atom is -0.406 e. The third-order valence-corrected chi connectivity index (χ3v) is 6.77. The first kappa shape index (κ1) is 23.2. The van der Waals surface area contributed by atoms with E-state index >= 15 is 0 Å². The number of amides is 3. The molecule has 0 saturated carbocycles. The molecule has 3 aliphatic heterocycles. The van der Waals surface area contributed by atoms with E-state index in [-0.39, 0.29) is 30.0 Å². The van der Waals surface area contributed by atoms with Crippen LogP contribution < -0.4 is 10.1 Å². The van der Waals surface area contributed by atoms with Gasteiger partial charge in [-0.3, -0.25) is 19.7 Å². The van der Waals surface area contributed by atoms with Crippen LogP contribution in [0.25, 0.3) is 5.70 Å². The minimum atomic E-state index is -4.86. The Kier molecular flexibility index (Phi) is 5.70. The van der Waals surface area contributed by atoms with E-state index in [1.165, 1.54) is 12.1 Å². The number of piperazine rings is 1. The van der Waals surface area contributed by atoms with Crippen LogP contribution in [0.5, 0.6) is 5.75 Å². The van der Waals surface area contributed by atoms with Crippen LogP contribution in [0.3, 0.4) is 0 Å². The standard InChI is InChI=1S/C23H25F3N6O3/c1-13-10-30-8-4-6-16(30)11-31(13)22(34)32-12-18-19(14(32)2)28-29-20(18)27-21(33)15-5-3-7-17(9-15)35-23(24,25)26/h3,5,7,9,13,16H,2,4,6,8,10-12H2,1H3,(H2,27,28,29,33)/t13-,16?/m0/s1. The highest BCUT2D eigenvalue weighted by atomic mass is 19.4. The maximum absolute atomic E-state index is 13.4. The zero-order valence-electron chi connectivity index (χ0n) is 19.1. The summed E-state index contributed by atoms with van der Waals surface area (Å²) >= 11 is 0. The number of benzene rings is 1. The molecule has 3 aliphatic rings. The molecule has 12 heteroatoms. The fourth-order valence-corrected chi connectivity index (χ4v) is 5.06. The average molecular weight is 490 g/mol. The number of fused-ring (bicyclic) bond motifs is 2. The predicted octanol–water partition coefficient (Wildman–Crippen LogP) is 3.64. The normalized spacial score (nSPS) is 22.2. The van der Waals surface area contributed by atoms with E-state index in [1.807, 2.05) is 11.8 Å². The lowest BCUT2D eigenvalue weighted by Gasteiger charge is -2.43. The summed E-state index contributed by atoms with van der Waals surface area (Å²) in [5.74, 6) is -0.968. The van der Waals surface area contributed by atoms with Gasteiger partial charge in [0.1, 0.15) is 5.75 Å². The Morgan fingerprint density at radius 2 is 2.09 bits per heavy atom. The number of aromatic amines is 1. The monoisotopic (exact) mass is 490 g/mol. The summed E-state index contributed by atoms with van der Waals surface area (Å²) < 4.78 is 41.4. The number of nitrogens with one attached hydrogen (secondary N) is 2. The van der Waals surface area contributed by atoms with Crippen LogP contribution in [0.2, 0.25) is 0 Å². The summed E-state index contributed by atoms with van der Waals surface area (Å²) in [6, 6.07) is 5.05. The Bertz CT molecular complexity index is 1180. The lowest BCUT2D eigenvalue weighted by molar-refractivity contribution is -0.274. The molecule has 0 radical (unpaired) electrons. The van der Waals surface area contributed by atoms with Crippen molar-refractivity contribution in [1.29, 1.82) is 0 Å². The number of halogens is 3. The number of hydrogen-bond acceptors (Lipinski definition) is 5. The first-order valence-electron chi connectivity index (χ1n) is 11.4. The van der Waals surface area contributed by atoms with Gasteiger partial charge >= 0.3 is 12.4 Å². The number of carbonyl (C=O) groups excluding carboxylic acids is 2. The summed E-state index contributed by atoms with van der Waals surface area (Å²) in [5.41, 5.74) is 1.55. The lowest BCUT2D eigenvalue weighted by atomic mass is 10.1. The molecule has 9 nitrogen and oxygen atoms in total. The Labute approximate surface area is 199 Å². The van der Waals surface area contributed by atoms with Crippen molar-refractivity contribution >= 4 is 23.5 Å². The number of hydrogen-bond donors (Lipinski definition) is 2. The van der Waals surface area contributed by atoms with Crippen LogP contribution in [-0.4, -0.2) is 74.9 Å². The number of ether oxygens (including phenoxy) is 1. The third kappa shape index (κ3) is 4.45. The van der Waals surface area contributed by atoms with Crippen molar-refractivity contribution in [2.75, 3.05) is 25.0 Å². The molecule has 1 unspecified atom stereocenters. The SMILES string of the molecule is C=C1c2[nH]nc(NC(=O)c3cccc(OC(F)(F)F)c3)c2CN1C(=O)N1CC2CCCN2C[C@@H]1C. The highest BCUT2D eigenvalue weighted by Gasteiger charge is 2.41. The molecule has 5 rings (SSSR count). The maximum Gasteiger partial charge on any atom is 0.573 e. The van der Waals surface area contributed by atoms with Gasteiger partial charge in [0.2, 0.25) is 0 Å². The van der Waals surface area contributed by atoms with E-state index in [0.29, 0.717) is 29.5 Å². The third-order valence-electron chi connectivity index (χ3n) is 6.77. The number of rotatable bonds is 3. The van der Waals surface area contributed by atoms with Crippen LogP contribution in [0.4, 0.5) is 23.8 Å². The van der Waals surface area contributed by atoms with Gasteiger partial charge in [0.05, 0.1) is 17.9 Å². The van der Waals surface area contributed by atoms with Gasteiger partial charge < -0.3 is 15.0 Å². The number of nitrogens with zero attached hydrogens (tertiary/aromatic N) is 4. The van der Waals surface area contributed by atoms with E-state index < -0.39 is 18.0 Å². The van der Waals surface area contributed by atoms with Crippen molar-refractivity contribution in [3.8, 4) is 5.75 Å². The van der Waals surface area contributed by atoms with Crippen molar-refractivity contribution in [1.82, 2.24) is 24.9 Å². The molecule has 3 amide bonds. The van der Waals surface area contributed by atoms with Crippen molar-refractivity contribution < 1.29 is 27.5 Å². The van der Waals surface area contributed by atoms with Crippen molar-refractivity contribution in [2.24, 2.45) is 0 Å². The number of H-pyrrole nitrogens is 1. The molecule has 1 aromatic heterocycles. The van der Waals surface area contributed by atoms with Crippen LogP contribution in [0.15, 0.2) is 30.8 Å². The van der Waals surface area contributed by atoms with Crippen LogP contribution >= 0.6 is 0 Å². The fraction of sp³-hybridized carbons (Fsp3) is 0.435. The van der Waals surface area contributed by atoms with E-state index in [9.17, 15) is 22.8 Å². The van der Waals surface area contributed by atoms with E-state index in [0.717, 1.165) is 38.1 Å². The van der Waals surface area contributed by atoms with E-state index in [1.54, 1.807) is 4.90 Å². The van der Waals surface area contributed by atoms with Crippen LogP contribution in [0.1, 0.15) is 41.4 Å². The number of urea groups is 1. The molecule has 0 aliphatic carbocycles. The van der Waals surface area contributed by atoms with Gasteiger partial charge in [-0.15, -0.1) is 13.2 Å². The molecule has 2 fully saturated rings. The first-order valence-corrected chi connectivity index (χ1v) is 11.4. The van der Waals surface area contributed by atoms with Crippen molar-refractivity contribution in [2.45, 2.75) is 44.8 Å². The summed E-state index contributed by atoms with van der Waals surface area (Å²) in [4.78, 5) is 32.0. The molecular weight excluding hydrogens is 465 g/mol. The van der Waals surface area contributed by atoms with Gasteiger partial charge in [-0.05, 0) is 44.5 Å². The highest BCUT2D eigenvalue weighted by molar-refractivity contribution is 6.05. The predicted molar refractivity (Wildman–Crippen MR) is 120 cm³/mol. The van der Waals surface area contributed by atoms with Gasteiger partial charge in [0.25, 0.3) is 5.91 Å². The topological polar surface area (TPSA) is 93.8 Å². The second kappa shape index (κ2) is 8.59. The van der Waals surface area contributed by atoms with Crippen LogP contribution in [0, 0.1) is 0 Å². The molecule has 35 heavy (non-hydrogen) atoms. The summed E-state index contributed by atoms with van der Waals surface area (Å²) in [5, 5.41) is 9.54. The van der Waals surface area contributed by atoms with Crippen molar-refractivity contribution in [3.63, 3.8) is 0 Å². The van der Waals surface area contributed by atoms with Gasteiger partial charge in [-0.1, -0.05) is 12.6 Å². The Morgan fingerprint density at radius 3 is 2.86 bits per heavy atom. The molecule has 0 spiro atoms. The van der Waals surface area contributed by atoms with Gasteiger partial charge in [-0.25, -0.2) is 4.79 Å². The number of alkyl halides is 3. The molecule has 2 N–H and O–H groups in total. The quantitative estimate of drug-likeness (QED) is 0.686. The molecule has 1 aromatic carbocycles. The molecule has 0 bridgehead atoms. The molecule has 2 aromatic rings. The van der Waals surface area contributed by atoms with Crippen LogP contribution in [-0.2, 0) is 6.54 Å². The Morgan fingerprint density at radius 1 is 1.29 bits per heavy atom. The molecule has 2 atom stereocenters. The molecule has 186 valence electrons. The summed E-state index contributed by atoms with van der Waals surface area (Å²) in [6.07, 6.45) is -2.65. The molecule has 2 saturated heterocycles. The minimum absolute atomic E-state index is 0.0310. The average Bonchev–Trinajstić information content (AvgIpc) is 3.49. The number of carbonyl (C=O) groups is 2. The van der Waals surface area contributed by atoms with Gasteiger partial charge in [-0.2, -0.15) is 5.10 Å². The lowest BCUT2D eigenvalue weighted by Crippen LogP contribution is -2.58. The smallest absolute Gasteiger partial charge is 0.406 e. The Hall–Kier alpha value is -3.54. The zero-order valence-corrected chi connectivity index (χ0v) is 19.1. The molecule has 4 heterocycles. The molecular formula is C23H25F3N6O3. The first-order chi connectivity index (χ1) is 16.6. The summed E-state index contributed by atoms with van der Waals surface area (Å²) in [7, 11) is 0. The van der Waals surface area contributed by atoms with Gasteiger partial charge in [0.15, 0.2) is 5.82 Å². The number of anilines is 1. The van der Waals surface area contributed by atoms with E-state index in [4.69, 9.17) is 0 Å². The maximum atomic E-state index is 13.4.